The molecule has 3 aromatic heterocycles. The van der Waals surface area contributed by atoms with Crippen LogP contribution in [0.2, 0.25) is 0 Å². The molecule has 35 heavy (non-hydrogen) atoms. The van der Waals surface area contributed by atoms with E-state index in [-0.39, 0.29) is 17.3 Å². The van der Waals surface area contributed by atoms with E-state index in [0.717, 1.165) is 27.8 Å². The average Bonchev–Trinajstić information content (AvgIpc) is 3.49. The minimum atomic E-state index is -3.80. The molecule has 0 radical (unpaired) electrons. The molecule has 0 N–H and O–H groups in total. The maximum absolute atomic E-state index is 13.7. The van der Waals surface area contributed by atoms with Crippen molar-refractivity contribution < 1.29 is 12.8 Å². The van der Waals surface area contributed by atoms with E-state index in [1.165, 1.54) is 4.31 Å². The molecule has 176 valence electrons. The first-order chi connectivity index (χ1) is 16.9. The predicted molar refractivity (Wildman–Crippen MR) is 130 cm³/mol. The lowest BCUT2D eigenvalue weighted by molar-refractivity contribution is 0.386. The summed E-state index contributed by atoms with van der Waals surface area (Å²) in [6, 6.07) is 16.7. The lowest BCUT2D eigenvalue weighted by Gasteiger charge is -2.27. The molecule has 0 unspecified atom stereocenters. The van der Waals surface area contributed by atoms with Gasteiger partial charge in [0.25, 0.3) is 5.89 Å². The molecule has 5 aromatic rings. The van der Waals surface area contributed by atoms with Gasteiger partial charge in [0.1, 0.15) is 4.90 Å². The molecule has 0 spiro atoms. The Hall–Kier alpha value is -3.89. The Labute approximate surface area is 202 Å². The van der Waals surface area contributed by atoms with E-state index in [1.807, 2.05) is 50.4 Å². The van der Waals surface area contributed by atoms with Crippen LogP contribution in [0.25, 0.3) is 33.9 Å². The van der Waals surface area contributed by atoms with E-state index in [4.69, 9.17) is 4.42 Å². The molecule has 0 fully saturated rings. The monoisotopic (exact) mass is 486 g/mol. The molecule has 6 rings (SSSR count). The highest BCUT2D eigenvalue weighted by Gasteiger charge is 2.34. The maximum atomic E-state index is 13.7. The zero-order valence-corrected chi connectivity index (χ0v) is 20.0. The minimum Gasteiger partial charge on any atom is -0.415 e. The first kappa shape index (κ1) is 21.6. The van der Waals surface area contributed by atoms with Gasteiger partial charge in [-0.3, -0.25) is 9.67 Å². The fourth-order valence-electron chi connectivity index (χ4n) is 4.50. The summed E-state index contributed by atoms with van der Waals surface area (Å²) in [5.74, 6) is 0.657. The molecule has 9 nitrogen and oxygen atoms in total. The molecule has 10 heteroatoms. The number of benzene rings is 2. The van der Waals surface area contributed by atoms with Crippen molar-refractivity contribution in [2.24, 2.45) is 7.05 Å². The summed E-state index contributed by atoms with van der Waals surface area (Å²) < 4.78 is 36.6. The van der Waals surface area contributed by atoms with Crippen molar-refractivity contribution in [1.82, 2.24) is 29.3 Å². The molecule has 0 saturated heterocycles. The van der Waals surface area contributed by atoms with Gasteiger partial charge in [0.05, 0.1) is 5.52 Å². The lowest BCUT2D eigenvalue weighted by atomic mass is 10.1. The summed E-state index contributed by atoms with van der Waals surface area (Å²) in [5, 5.41) is 13.8. The normalized spacial score (nSPS) is 14.3. The highest BCUT2D eigenvalue weighted by atomic mass is 32.2. The van der Waals surface area contributed by atoms with Gasteiger partial charge in [-0.25, -0.2) is 8.42 Å². The maximum Gasteiger partial charge on any atom is 0.268 e. The standard InChI is InChI=1S/C25H22N6O3S/c1-16-8-10-18(11-9-16)24-27-28-25(34-24)23-19-15-31(14-12-20(19)30(2)29-23)35(32,33)21-7-3-5-17-6-4-13-26-22(17)21/h3-11,13H,12,14-15H2,1-2H3. The van der Waals surface area contributed by atoms with Crippen LogP contribution in [0.5, 0.6) is 0 Å². The van der Waals surface area contributed by atoms with E-state index in [2.05, 4.69) is 20.3 Å². The number of pyridine rings is 1. The molecule has 4 heterocycles. The Bertz CT molecular complexity index is 1670. The Balaban J connectivity index is 1.37. The van der Waals surface area contributed by atoms with E-state index in [0.29, 0.717) is 30.1 Å². The average molecular weight is 487 g/mol. The second-order valence-corrected chi connectivity index (χ2v) is 10.5. The zero-order chi connectivity index (χ0) is 24.2. The number of rotatable bonds is 4. The fraction of sp³-hybridized carbons (Fsp3) is 0.200. The van der Waals surface area contributed by atoms with E-state index in [9.17, 15) is 8.42 Å². The van der Waals surface area contributed by atoms with Crippen LogP contribution in [-0.2, 0) is 30.0 Å². The SMILES string of the molecule is Cc1ccc(-c2nnc(-c3nn(C)c4c3CN(S(=O)(=O)c3cccc5cccnc35)CC4)o2)cc1. The van der Waals surface area contributed by atoms with Crippen molar-refractivity contribution in [3.63, 3.8) is 0 Å². The number of sulfonamides is 1. The van der Waals surface area contributed by atoms with Gasteiger partial charge in [-0.1, -0.05) is 35.9 Å². The highest BCUT2D eigenvalue weighted by Crippen LogP contribution is 2.34. The van der Waals surface area contributed by atoms with Gasteiger partial charge in [0, 0.05) is 55.0 Å². The number of hydrogen-bond acceptors (Lipinski definition) is 7. The van der Waals surface area contributed by atoms with Crippen LogP contribution in [0, 0.1) is 6.92 Å². The molecular formula is C25H22N6O3S. The van der Waals surface area contributed by atoms with E-state index < -0.39 is 10.0 Å². The lowest BCUT2D eigenvalue weighted by Crippen LogP contribution is -2.36. The number of aryl methyl sites for hydroxylation is 2. The largest absolute Gasteiger partial charge is 0.415 e. The third kappa shape index (κ3) is 3.62. The fourth-order valence-corrected chi connectivity index (χ4v) is 6.07. The van der Waals surface area contributed by atoms with Crippen LogP contribution in [0.15, 0.2) is 70.1 Å². The molecule has 0 atom stereocenters. The Kier molecular flexibility index (Phi) is 5.01. The Morgan fingerprint density at radius 3 is 2.57 bits per heavy atom. The minimum absolute atomic E-state index is 0.159. The van der Waals surface area contributed by atoms with Crippen molar-refractivity contribution in [2.45, 2.75) is 24.8 Å². The summed E-state index contributed by atoms with van der Waals surface area (Å²) in [6.07, 6.45) is 2.13. The second-order valence-electron chi connectivity index (χ2n) is 8.60. The first-order valence-corrected chi connectivity index (χ1v) is 12.7. The predicted octanol–water partition coefficient (Wildman–Crippen LogP) is 3.74. The highest BCUT2D eigenvalue weighted by molar-refractivity contribution is 7.89. The van der Waals surface area contributed by atoms with Gasteiger partial charge in [0.15, 0.2) is 5.69 Å². The van der Waals surface area contributed by atoms with Crippen molar-refractivity contribution in [1.29, 1.82) is 0 Å². The molecule has 0 bridgehead atoms. The quantitative estimate of drug-likeness (QED) is 0.381. The smallest absolute Gasteiger partial charge is 0.268 e. The topological polar surface area (TPSA) is 107 Å². The van der Waals surface area contributed by atoms with E-state index >= 15 is 0 Å². The molecule has 1 aliphatic heterocycles. The zero-order valence-electron chi connectivity index (χ0n) is 19.2. The van der Waals surface area contributed by atoms with Crippen LogP contribution in [0.4, 0.5) is 0 Å². The number of aromatic nitrogens is 5. The third-order valence-corrected chi connectivity index (χ3v) is 8.22. The Morgan fingerprint density at radius 2 is 1.74 bits per heavy atom. The first-order valence-electron chi connectivity index (χ1n) is 11.2. The van der Waals surface area contributed by atoms with Gasteiger partial charge < -0.3 is 4.42 Å². The van der Waals surface area contributed by atoms with Gasteiger partial charge in [-0.2, -0.15) is 9.40 Å². The summed E-state index contributed by atoms with van der Waals surface area (Å²) in [6.45, 7) is 2.51. The van der Waals surface area contributed by atoms with Crippen LogP contribution in [-0.4, -0.2) is 44.2 Å². The molecule has 0 amide bonds. The van der Waals surface area contributed by atoms with Crippen molar-refractivity contribution >= 4 is 20.9 Å². The summed E-state index contributed by atoms with van der Waals surface area (Å²) in [5.41, 5.74) is 4.64. The number of hydrogen-bond donors (Lipinski definition) is 0. The van der Waals surface area contributed by atoms with Gasteiger partial charge in [-0.05, 0) is 31.2 Å². The van der Waals surface area contributed by atoms with Crippen molar-refractivity contribution in [3.8, 4) is 23.0 Å². The van der Waals surface area contributed by atoms with Crippen molar-refractivity contribution in [2.75, 3.05) is 6.54 Å². The number of nitrogens with zero attached hydrogens (tertiary/aromatic N) is 6. The Morgan fingerprint density at radius 1 is 0.971 bits per heavy atom. The van der Waals surface area contributed by atoms with Gasteiger partial charge in [-0.15, -0.1) is 10.2 Å². The molecule has 1 aliphatic rings. The molecular weight excluding hydrogens is 464 g/mol. The van der Waals surface area contributed by atoms with E-state index in [1.54, 1.807) is 29.1 Å². The van der Waals surface area contributed by atoms with Crippen LogP contribution in [0.3, 0.4) is 0 Å². The number of fused-ring (bicyclic) bond motifs is 2. The third-order valence-electron chi connectivity index (χ3n) is 6.35. The van der Waals surface area contributed by atoms with Crippen LogP contribution in [0.1, 0.15) is 16.8 Å². The molecule has 2 aromatic carbocycles. The summed E-state index contributed by atoms with van der Waals surface area (Å²) in [7, 11) is -1.95. The molecule has 0 aliphatic carbocycles. The van der Waals surface area contributed by atoms with Crippen LogP contribution >= 0.6 is 0 Å². The second kappa shape index (κ2) is 8.10. The molecule has 0 saturated carbocycles. The van der Waals surface area contributed by atoms with Crippen molar-refractivity contribution in [3.05, 3.63) is 77.6 Å². The number of para-hydroxylation sites is 1. The van der Waals surface area contributed by atoms with Gasteiger partial charge in [0.2, 0.25) is 15.9 Å². The summed E-state index contributed by atoms with van der Waals surface area (Å²) in [4.78, 5) is 4.54. The van der Waals surface area contributed by atoms with Gasteiger partial charge >= 0.3 is 0 Å². The van der Waals surface area contributed by atoms with Crippen LogP contribution < -0.4 is 0 Å². The summed E-state index contributed by atoms with van der Waals surface area (Å²) >= 11 is 0.